The van der Waals surface area contributed by atoms with Crippen molar-refractivity contribution in [3.63, 3.8) is 0 Å². The Balaban J connectivity index is 1.85. The lowest BCUT2D eigenvalue weighted by molar-refractivity contribution is 1.17. The molecule has 4 rings (SSSR count). The number of imidazole rings is 1. The first-order valence-electron chi connectivity index (χ1n) is 7.92. The fraction of sp³-hybridized carbons (Fsp3) is 0. The van der Waals surface area contributed by atoms with Gasteiger partial charge in [0.1, 0.15) is 22.0 Å². The molecule has 2 aromatic heterocycles. The van der Waals surface area contributed by atoms with E-state index in [1.54, 1.807) is 0 Å². The fourth-order valence-electron chi connectivity index (χ4n) is 2.78. The Morgan fingerprint density at radius 1 is 0.923 bits per heavy atom. The second kappa shape index (κ2) is 7.08. The monoisotopic (exact) mass is 397 g/mol. The number of thiocarbonyl (C=S) groups is 1. The Labute approximate surface area is 166 Å². The van der Waals surface area contributed by atoms with E-state index in [1.165, 1.54) is 0 Å². The van der Waals surface area contributed by atoms with E-state index in [0.717, 1.165) is 28.3 Å². The van der Waals surface area contributed by atoms with Gasteiger partial charge in [-0.05, 0) is 42.5 Å². The third kappa shape index (κ3) is 3.19. The average molecular weight is 398 g/mol. The molecule has 0 unspecified atom stereocenters. The van der Waals surface area contributed by atoms with Crippen LogP contribution >= 0.6 is 35.4 Å². The van der Waals surface area contributed by atoms with Gasteiger partial charge < -0.3 is 5.32 Å². The minimum atomic E-state index is 0.556. The Hall–Kier alpha value is -2.40. The highest BCUT2D eigenvalue weighted by Gasteiger charge is 2.19. The molecule has 0 amide bonds. The van der Waals surface area contributed by atoms with Crippen LogP contribution in [0, 0.1) is 0 Å². The van der Waals surface area contributed by atoms with E-state index in [4.69, 9.17) is 40.4 Å². The number of nitrogens with one attached hydrogen (secondary N) is 1. The SMILES string of the molecule is S=C(Nc1ccc(Cl)cc1)c1c(-c2ccccc2Cl)nc2ccccn12. The van der Waals surface area contributed by atoms with E-state index in [-0.39, 0.29) is 0 Å². The standard InChI is InChI=1S/C20H13Cl2N3S/c21-13-8-10-14(11-9-13)23-20(26)19-18(15-5-1-2-6-16(15)22)24-17-7-3-4-12-25(17)19/h1-12H,(H,23,26). The number of fused-ring (bicyclic) bond motifs is 1. The summed E-state index contributed by atoms with van der Waals surface area (Å²) in [5, 5.41) is 4.57. The summed E-state index contributed by atoms with van der Waals surface area (Å²) in [5.41, 5.74) is 4.04. The van der Waals surface area contributed by atoms with Crippen molar-refractivity contribution in [1.29, 1.82) is 0 Å². The van der Waals surface area contributed by atoms with Crippen LogP contribution in [0.1, 0.15) is 5.69 Å². The molecule has 128 valence electrons. The van der Waals surface area contributed by atoms with Gasteiger partial charge in [-0.1, -0.05) is 59.7 Å². The van der Waals surface area contributed by atoms with E-state index >= 15 is 0 Å². The van der Waals surface area contributed by atoms with Crippen molar-refractivity contribution < 1.29 is 0 Å². The molecule has 0 saturated carbocycles. The highest BCUT2D eigenvalue weighted by molar-refractivity contribution is 7.81. The molecular weight excluding hydrogens is 385 g/mol. The van der Waals surface area contributed by atoms with Gasteiger partial charge in [0.15, 0.2) is 0 Å². The molecule has 0 aliphatic heterocycles. The van der Waals surface area contributed by atoms with Crippen LogP contribution in [0.3, 0.4) is 0 Å². The topological polar surface area (TPSA) is 29.3 Å². The molecule has 0 aliphatic carbocycles. The zero-order chi connectivity index (χ0) is 18.1. The first kappa shape index (κ1) is 17.0. The molecule has 1 N–H and O–H groups in total. The Bertz CT molecular complexity index is 1100. The molecule has 26 heavy (non-hydrogen) atoms. The molecule has 0 saturated heterocycles. The summed E-state index contributed by atoms with van der Waals surface area (Å²) in [5.74, 6) is 0. The van der Waals surface area contributed by atoms with Gasteiger partial charge in [-0.2, -0.15) is 0 Å². The normalized spacial score (nSPS) is 10.8. The van der Waals surface area contributed by atoms with Gasteiger partial charge in [-0.3, -0.25) is 4.40 Å². The smallest absolute Gasteiger partial charge is 0.138 e. The van der Waals surface area contributed by atoms with Crippen LogP contribution in [0.5, 0.6) is 0 Å². The molecule has 6 heteroatoms. The van der Waals surface area contributed by atoms with Gasteiger partial charge in [-0.25, -0.2) is 4.98 Å². The minimum Gasteiger partial charge on any atom is -0.345 e. The lowest BCUT2D eigenvalue weighted by Crippen LogP contribution is -2.14. The van der Waals surface area contributed by atoms with Gasteiger partial charge in [0.25, 0.3) is 0 Å². The molecule has 0 fully saturated rings. The minimum absolute atomic E-state index is 0.556. The highest BCUT2D eigenvalue weighted by atomic mass is 35.5. The number of halogens is 2. The average Bonchev–Trinajstić information content (AvgIpc) is 3.03. The van der Waals surface area contributed by atoms with Crippen molar-refractivity contribution in [3.8, 4) is 11.3 Å². The van der Waals surface area contributed by atoms with Crippen LogP contribution in [-0.2, 0) is 0 Å². The third-order valence-corrected chi connectivity index (χ3v) is 4.85. The van der Waals surface area contributed by atoms with Crippen LogP contribution in [0.15, 0.2) is 72.9 Å². The number of anilines is 1. The summed E-state index contributed by atoms with van der Waals surface area (Å²) >= 11 is 18.1. The first-order chi connectivity index (χ1) is 12.6. The summed E-state index contributed by atoms with van der Waals surface area (Å²) < 4.78 is 1.96. The third-order valence-electron chi connectivity index (χ3n) is 3.98. The molecule has 4 aromatic rings. The summed E-state index contributed by atoms with van der Waals surface area (Å²) in [6.45, 7) is 0. The fourth-order valence-corrected chi connectivity index (χ4v) is 3.44. The number of rotatable bonds is 3. The van der Waals surface area contributed by atoms with Crippen LogP contribution in [-0.4, -0.2) is 14.4 Å². The quantitative estimate of drug-likeness (QED) is 0.423. The maximum absolute atomic E-state index is 6.41. The highest BCUT2D eigenvalue weighted by Crippen LogP contribution is 2.31. The lowest BCUT2D eigenvalue weighted by atomic mass is 10.1. The summed E-state index contributed by atoms with van der Waals surface area (Å²) in [7, 11) is 0. The number of nitrogens with zero attached hydrogens (tertiary/aromatic N) is 2. The summed E-state index contributed by atoms with van der Waals surface area (Å²) in [6.07, 6.45) is 1.94. The van der Waals surface area contributed by atoms with Crippen molar-refractivity contribution in [1.82, 2.24) is 9.38 Å². The van der Waals surface area contributed by atoms with Gasteiger partial charge in [0.2, 0.25) is 0 Å². The van der Waals surface area contributed by atoms with Crippen molar-refractivity contribution in [2.45, 2.75) is 0 Å². The maximum Gasteiger partial charge on any atom is 0.138 e. The van der Waals surface area contributed by atoms with Crippen LogP contribution in [0.2, 0.25) is 10.0 Å². The molecule has 0 spiro atoms. The Morgan fingerprint density at radius 2 is 1.65 bits per heavy atom. The molecular formula is C20H13Cl2N3S. The number of aromatic nitrogens is 2. The van der Waals surface area contributed by atoms with Crippen molar-refractivity contribution in [3.05, 3.63) is 88.7 Å². The van der Waals surface area contributed by atoms with E-state index < -0.39 is 0 Å². The zero-order valence-electron chi connectivity index (χ0n) is 13.5. The van der Waals surface area contributed by atoms with E-state index in [1.807, 2.05) is 77.3 Å². The second-order valence-electron chi connectivity index (χ2n) is 5.68. The molecule has 0 radical (unpaired) electrons. The van der Waals surface area contributed by atoms with Crippen molar-refractivity contribution in [2.75, 3.05) is 5.32 Å². The predicted octanol–water partition coefficient (Wildman–Crippen LogP) is 6.10. The van der Waals surface area contributed by atoms with Gasteiger partial charge in [-0.15, -0.1) is 0 Å². The van der Waals surface area contributed by atoms with Crippen molar-refractivity contribution >= 4 is 51.7 Å². The molecule has 2 heterocycles. The summed E-state index contributed by atoms with van der Waals surface area (Å²) in [4.78, 5) is 5.31. The zero-order valence-corrected chi connectivity index (χ0v) is 15.8. The number of benzene rings is 2. The van der Waals surface area contributed by atoms with E-state index in [2.05, 4.69) is 5.32 Å². The molecule has 0 bridgehead atoms. The molecule has 0 atom stereocenters. The van der Waals surface area contributed by atoms with E-state index in [9.17, 15) is 0 Å². The Morgan fingerprint density at radius 3 is 2.42 bits per heavy atom. The number of hydrogen-bond acceptors (Lipinski definition) is 2. The van der Waals surface area contributed by atoms with E-state index in [0.29, 0.717) is 15.0 Å². The second-order valence-corrected chi connectivity index (χ2v) is 6.93. The van der Waals surface area contributed by atoms with Gasteiger partial charge in [0.05, 0.1) is 5.02 Å². The number of hydrogen-bond donors (Lipinski definition) is 1. The molecule has 3 nitrogen and oxygen atoms in total. The van der Waals surface area contributed by atoms with Gasteiger partial charge >= 0.3 is 0 Å². The van der Waals surface area contributed by atoms with Crippen LogP contribution in [0.4, 0.5) is 5.69 Å². The van der Waals surface area contributed by atoms with Crippen LogP contribution in [0.25, 0.3) is 16.9 Å². The predicted molar refractivity (Wildman–Crippen MR) is 112 cm³/mol. The molecule has 2 aromatic carbocycles. The van der Waals surface area contributed by atoms with Crippen molar-refractivity contribution in [2.24, 2.45) is 0 Å². The van der Waals surface area contributed by atoms with Crippen LogP contribution < -0.4 is 5.32 Å². The number of pyridine rings is 1. The van der Waals surface area contributed by atoms with Gasteiger partial charge in [0, 0.05) is 22.5 Å². The lowest BCUT2D eigenvalue weighted by Gasteiger charge is -2.11. The summed E-state index contributed by atoms with van der Waals surface area (Å²) in [6, 6.07) is 20.8. The maximum atomic E-state index is 6.41. The largest absolute Gasteiger partial charge is 0.345 e. The molecule has 0 aliphatic rings. The first-order valence-corrected chi connectivity index (χ1v) is 9.09. The Kier molecular flexibility index (Phi) is 4.64.